The number of methoxy groups -OCH3 is 1. The molecule has 7 heteroatoms. The smallest absolute Gasteiger partial charge is 0.291 e. The third-order valence-electron chi connectivity index (χ3n) is 3.72. The first-order valence-corrected chi connectivity index (χ1v) is 7.57. The number of aromatic nitrogens is 3. The number of anilines is 1. The van der Waals surface area contributed by atoms with Gasteiger partial charge in [-0.3, -0.25) is 9.20 Å². The van der Waals surface area contributed by atoms with Crippen LogP contribution in [-0.4, -0.2) is 27.4 Å². The average molecular weight is 334 g/mol. The fraction of sp³-hybridized carbons (Fsp3) is 0.0556. The maximum atomic E-state index is 12.2. The first kappa shape index (κ1) is 14.9. The number of hydrogen-bond acceptors (Lipinski definition) is 5. The lowest BCUT2D eigenvalue weighted by Gasteiger charge is -2.10. The molecular formula is C18H14N4O3. The van der Waals surface area contributed by atoms with E-state index in [0.29, 0.717) is 17.2 Å². The van der Waals surface area contributed by atoms with E-state index in [4.69, 9.17) is 9.15 Å². The Bertz CT molecular complexity index is 1000. The molecule has 3 heterocycles. The summed E-state index contributed by atoms with van der Waals surface area (Å²) >= 11 is 0. The molecule has 0 fully saturated rings. The monoisotopic (exact) mass is 334 g/mol. The number of hydrogen-bond donors (Lipinski definition) is 1. The summed E-state index contributed by atoms with van der Waals surface area (Å²) in [5, 5.41) is 2.80. The number of nitrogens with zero attached hydrogens (tertiary/aromatic N) is 3. The number of fused-ring (bicyclic) bond motifs is 1. The number of benzene rings is 1. The van der Waals surface area contributed by atoms with Crippen LogP contribution in [0.4, 0.5) is 5.69 Å². The van der Waals surface area contributed by atoms with Crippen molar-refractivity contribution in [2.45, 2.75) is 0 Å². The zero-order valence-corrected chi connectivity index (χ0v) is 13.3. The molecular weight excluding hydrogens is 320 g/mol. The lowest BCUT2D eigenvalue weighted by molar-refractivity contribution is 0.0996. The number of rotatable bonds is 4. The minimum atomic E-state index is -0.350. The Morgan fingerprint density at radius 2 is 2.20 bits per heavy atom. The van der Waals surface area contributed by atoms with E-state index in [1.165, 1.54) is 6.26 Å². The molecule has 0 saturated carbocycles. The Morgan fingerprint density at radius 3 is 2.96 bits per heavy atom. The lowest BCUT2D eigenvalue weighted by Crippen LogP contribution is -2.11. The predicted molar refractivity (Wildman–Crippen MR) is 91.6 cm³/mol. The van der Waals surface area contributed by atoms with E-state index in [9.17, 15) is 4.79 Å². The van der Waals surface area contributed by atoms with E-state index >= 15 is 0 Å². The Kier molecular flexibility index (Phi) is 3.66. The largest absolute Gasteiger partial charge is 0.495 e. The molecule has 4 rings (SSSR count). The van der Waals surface area contributed by atoms with Crippen LogP contribution in [0.2, 0.25) is 0 Å². The number of carbonyl (C=O) groups excluding carboxylic acids is 1. The molecule has 0 aliphatic rings. The highest BCUT2D eigenvalue weighted by Crippen LogP contribution is 2.30. The number of imidazole rings is 1. The molecule has 1 amide bonds. The second-order valence-electron chi connectivity index (χ2n) is 5.30. The quantitative estimate of drug-likeness (QED) is 0.619. The van der Waals surface area contributed by atoms with Gasteiger partial charge in [0.1, 0.15) is 5.75 Å². The van der Waals surface area contributed by atoms with Crippen molar-refractivity contribution in [1.29, 1.82) is 0 Å². The maximum absolute atomic E-state index is 12.2. The van der Waals surface area contributed by atoms with Gasteiger partial charge in [-0.05, 0) is 36.4 Å². The molecule has 0 saturated heterocycles. The van der Waals surface area contributed by atoms with E-state index in [1.807, 2.05) is 28.9 Å². The van der Waals surface area contributed by atoms with E-state index in [1.54, 1.807) is 37.6 Å². The molecule has 3 aromatic heterocycles. The third-order valence-corrected chi connectivity index (χ3v) is 3.72. The van der Waals surface area contributed by atoms with E-state index in [-0.39, 0.29) is 11.7 Å². The van der Waals surface area contributed by atoms with Crippen LogP contribution >= 0.6 is 0 Å². The van der Waals surface area contributed by atoms with Crippen molar-refractivity contribution in [3.8, 4) is 17.0 Å². The van der Waals surface area contributed by atoms with Crippen LogP contribution in [0.25, 0.3) is 17.0 Å². The summed E-state index contributed by atoms with van der Waals surface area (Å²) in [5.74, 6) is 1.03. The molecule has 25 heavy (non-hydrogen) atoms. The van der Waals surface area contributed by atoms with Gasteiger partial charge in [0.25, 0.3) is 5.91 Å². The number of ether oxygens (including phenoxy) is 1. The zero-order chi connectivity index (χ0) is 17.2. The highest BCUT2D eigenvalue weighted by atomic mass is 16.5. The van der Waals surface area contributed by atoms with Crippen LogP contribution in [0.3, 0.4) is 0 Å². The van der Waals surface area contributed by atoms with Gasteiger partial charge in [0.15, 0.2) is 5.76 Å². The standard InChI is InChI=1S/C18H14N4O3/c1-24-15-6-5-12(14-11-22-8-3-7-19-18(22)21-14)10-13(15)20-17(23)16-4-2-9-25-16/h2-11H,1H3,(H,20,23). The SMILES string of the molecule is COc1ccc(-c2cn3cccnc3n2)cc1NC(=O)c1ccco1. The first-order chi connectivity index (χ1) is 12.2. The Balaban J connectivity index is 1.71. The minimum absolute atomic E-state index is 0.226. The van der Waals surface area contributed by atoms with Crippen molar-refractivity contribution in [3.05, 3.63) is 67.0 Å². The maximum Gasteiger partial charge on any atom is 0.291 e. The van der Waals surface area contributed by atoms with Crippen molar-refractivity contribution in [1.82, 2.24) is 14.4 Å². The van der Waals surface area contributed by atoms with Gasteiger partial charge in [0.2, 0.25) is 5.78 Å². The molecule has 0 aliphatic heterocycles. The van der Waals surface area contributed by atoms with Crippen molar-refractivity contribution in [2.24, 2.45) is 0 Å². The highest BCUT2D eigenvalue weighted by molar-refractivity contribution is 6.03. The fourth-order valence-electron chi connectivity index (χ4n) is 2.53. The highest BCUT2D eigenvalue weighted by Gasteiger charge is 2.14. The number of carbonyl (C=O) groups is 1. The van der Waals surface area contributed by atoms with E-state index in [2.05, 4.69) is 15.3 Å². The second-order valence-corrected chi connectivity index (χ2v) is 5.30. The number of nitrogens with one attached hydrogen (secondary N) is 1. The summed E-state index contributed by atoms with van der Waals surface area (Å²) < 4.78 is 12.3. The number of furan rings is 1. The molecule has 0 spiro atoms. The summed E-state index contributed by atoms with van der Waals surface area (Å²) in [4.78, 5) is 20.9. The van der Waals surface area contributed by atoms with Gasteiger partial charge in [-0.1, -0.05) is 0 Å². The molecule has 0 radical (unpaired) electrons. The Morgan fingerprint density at radius 1 is 1.28 bits per heavy atom. The van der Waals surface area contributed by atoms with Crippen LogP contribution < -0.4 is 10.1 Å². The predicted octanol–water partition coefficient (Wildman–Crippen LogP) is 3.25. The molecule has 1 N–H and O–H groups in total. The number of amides is 1. The van der Waals surface area contributed by atoms with Gasteiger partial charge in [0, 0.05) is 24.2 Å². The van der Waals surface area contributed by atoms with Crippen molar-refractivity contribution in [3.63, 3.8) is 0 Å². The van der Waals surface area contributed by atoms with E-state index < -0.39 is 0 Å². The van der Waals surface area contributed by atoms with Gasteiger partial charge in [-0.15, -0.1) is 0 Å². The van der Waals surface area contributed by atoms with E-state index in [0.717, 1.165) is 11.3 Å². The molecule has 0 bridgehead atoms. The molecule has 1 aromatic carbocycles. The topological polar surface area (TPSA) is 81.7 Å². The molecule has 4 aromatic rings. The van der Waals surface area contributed by atoms with Gasteiger partial charge in [0.05, 0.1) is 24.8 Å². The van der Waals surface area contributed by atoms with Crippen LogP contribution in [0, 0.1) is 0 Å². The van der Waals surface area contributed by atoms with Gasteiger partial charge < -0.3 is 14.5 Å². The van der Waals surface area contributed by atoms with Crippen LogP contribution in [0.1, 0.15) is 10.6 Å². The van der Waals surface area contributed by atoms with Gasteiger partial charge in [-0.2, -0.15) is 0 Å². The fourth-order valence-corrected chi connectivity index (χ4v) is 2.53. The summed E-state index contributed by atoms with van der Waals surface area (Å²) in [6, 6.07) is 10.6. The zero-order valence-electron chi connectivity index (χ0n) is 13.3. The average Bonchev–Trinajstić information content (AvgIpc) is 3.31. The van der Waals surface area contributed by atoms with Crippen LogP contribution in [0.15, 0.2) is 65.7 Å². The van der Waals surface area contributed by atoms with Gasteiger partial charge >= 0.3 is 0 Å². The molecule has 0 aliphatic carbocycles. The van der Waals surface area contributed by atoms with Crippen LogP contribution in [-0.2, 0) is 0 Å². The molecule has 124 valence electrons. The third kappa shape index (κ3) is 2.83. The first-order valence-electron chi connectivity index (χ1n) is 7.57. The normalized spacial score (nSPS) is 10.8. The Hall–Kier alpha value is -3.61. The lowest BCUT2D eigenvalue weighted by atomic mass is 10.1. The Labute approximate surface area is 142 Å². The molecule has 0 unspecified atom stereocenters. The van der Waals surface area contributed by atoms with Gasteiger partial charge in [-0.25, -0.2) is 9.97 Å². The summed E-state index contributed by atoms with van der Waals surface area (Å²) in [6.45, 7) is 0. The van der Waals surface area contributed by atoms with Crippen molar-refractivity contribution in [2.75, 3.05) is 12.4 Å². The van der Waals surface area contributed by atoms with Crippen LogP contribution in [0.5, 0.6) is 5.75 Å². The molecule has 7 nitrogen and oxygen atoms in total. The van der Waals surface area contributed by atoms with Crippen molar-refractivity contribution >= 4 is 17.4 Å². The summed E-state index contributed by atoms with van der Waals surface area (Å²) in [7, 11) is 1.55. The summed E-state index contributed by atoms with van der Waals surface area (Å²) in [5.41, 5.74) is 2.11. The summed E-state index contributed by atoms with van der Waals surface area (Å²) in [6.07, 6.45) is 6.89. The minimum Gasteiger partial charge on any atom is -0.495 e. The second kappa shape index (κ2) is 6.12. The molecule has 0 atom stereocenters. The van der Waals surface area contributed by atoms with Crippen molar-refractivity contribution < 1.29 is 13.9 Å².